The number of aliphatic hydroxyl groups is 1. The molecule has 3 aromatic rings. The van der Waals surface area contributed by atoms with Crippen LogP contribution in [0.5, 0.6) is 0 Å². The van der Waals surface area contributed by atoms with E-state index in [0.29, 0.717) is 25.1 Å². The lowest BCUT2D eigenvalue weighted by Crippen LogP contribution is -2.31. The van der Waals surface area contributed by atoms with Crippen LogP contribution in [0.2, 0.25) is 0 Å². The van der Waals surface area contributed by atoms with Crippen LogP contribution in [0.15, 0.2) is 71.2 Å². The maximum Gasteiger partial charge on any atom is 0.295 e. The fourth-order valence-corrected chi connectivity index (χ4v) is 4.53. The molecule has 6 nitrogen and oxygen atoms in total. The highest BCUT2D eigenvalue weighted by atomic mass is 79.9. The van der Waals surface area contributed by atoms with Crippen LogP contribution < -0.4 is 0 Å². The molecule has 4 rings (SSSR count). The van der Waals surface area contributed by atoms with Crippen molar-refractivity contribution < 1.29 is 14.7 Å². The van der Waals surface area contributed by atoms with Gasteiger partial charge in [0.2, 0.25) is 0 Å². The molecule has 0 saturated carbocycles. The number of rotatable bonds is 6. The van der Waals surface area contributed by atoms with Crippen molar-refractivity contribution in [2.24, 2.45) is 0 Å². The summed E-state index contributed by atoms with van der Waals surface area (Å²) in [6.07, 6.45) is 5.94. The lowest BCUT2D eigenvalue weighted by Gasteiger charge is -2.25. The highest BCUT2D eigenvalue weighted by molar-refractivity contribution is 9.10. The smallest absolute Gasteiger partial charge is 0.295 e. The number of Topliss-reactive ketones (excluding diaryl/α,β-unsaturated/α-hetero) is 1. The van der Waals surface area contributed by atoms with Gasteiger partial charge in [-0.05, 0) is 49.6 Å². The fraction of sp³-hybridized carbons (Fsp3) is 0.240. The Morgan fingerprint density at radius 3 is 2.66 bits per heavy atom. The third kappa shape index (κ3) is 4.25. The molecule has 0 bridgehead atoms. The van der Waals surface area contributed by atoms with Crippen molar-refractivity contribution in [3.8, 4) is 0 Å². The molecule has 1 atom stereocenters. The zero-order valence-corrected chi connectivity index (χ0v) is 19.5. The van der Waals surface area contributed by atoms with Gasteiger partial charge in [0.05, 0.1) is 17.9 Å². The Morgan fingerprint density at radius 1 is 1.12 bits per heavy atom. The SMILES string of the molecule is Cc1ccc(C)c(/C(O)=C2\C(=O)C(=O)N(CCCn3ccnc3)C2c2cccc(Br)c2)c1. The molecule has 0 spiro atoms. The Bertz CT molecular complexity index is 1200. The molecule has 32 heavy (non-hydrogen) atoms. The van der Waals surface area contributed by atoms with E-state index in [4.69, 9.17) is 0 Å². The number of halogens is 1. The molecule has 1 amide bonds. The molecule has 1 saturated heterocycles. The second-order valence-electron chi connectivity index (χ2n) is 8.02. The maximum atomic E-state index is 13.2. The molecule has 1 N–H and O–H groups in total. The van der Waals surface area contributed by atoms with Crippen LogP contribution in [0.3, 0.4) is 0 Å². The molecular formula is C25H24BrN3O3. The molecule has 1 aliphatic rings. The third-order valence-electron chi connectivity index (χ3n) is 5.73. The maximum absolute atomic E-state index is 13.2. The Labute approximate surface area is 195 Å². The highest BCUT2D eigenvalue weighted by Crippen LogP contribution is 2.40. The van der Waals surface area contributed by atoms with Crippen LogP contribution in [0, 0.1) is 13.8 Å². The topological polar surface area (TPSA) is 75.4 Å². The van der Waals surface area contributed by atoms with Crippen LogP contribution in [-0.4, -0.2) is 37.8 Å². The van der Waals surface area contributed by atoms with Crippen LogP contribution in [0.25, 0.3) is 5.76 Å². The van der Waals surface area contributed by atoms with E-state index in [2.05, 4.69) is 20.9 Å². The van der Waals surface area contributed by atoms with Gasteiger partial charge in [0.15, 0.2) is 0 Å². The van der Waals surface area contributed by atoms with Crippen molar-refractivity contribution in [1.29, 1.82) is 0 Å². The highest BCUT2D eigenvalue weighted by Gasteiger charge is 2.45. The van der Waals surface area contributed by atoms with Gasteiger partial charge in [-0.25, -0.2) is 4.98 Å². The quantitative estimate of drug-likeness (QED) is 0.304. The van der Waals surface area contributed by atoms with Gasteiger partial charge >= 0.3 is 0 Å². The minimum atomic E-state index is -0.657. The molecule has 1 fully saturated rings. The van der Waals surface area contributed by atoms with Gasteiger partial charge in [-0.15, -0.1) is 0 Å². The van der Waals surface area contributed by atoms with Crippen LogP contribution in [0.1, 0.15) is 34.7 Å². The summed E-state index contributed by atoms with van der Waals surface area (Å²) in [5.74, 6) is -1.38. The molecular weight excluding hydrogens is 470 g/mol. The Hall–Kier alpha value is -3.19. The van der Waals surface area contributed by atoms with Crippen molar-refractivity contribution in [2.45, 2.75) is 32.9 Å². The lowest BCUT2D eigenvalue weighted by atomic mass is 9.93. The van der Waals surface area contributed by atoms with E-state index in [-0.39, 0.29) is 11.3 Å². The number of benzene rings is 2. The minimum absolute atomic E-state index is 0.129. The molecule has 1 aromatic heterocycles. The number of imidazole rings is 1. The zero-order chi connectivity index (χ0) is 22.8. The monoisotopic (exact) mass is 493 g/mol. The van der Waals surface area contributed by atoms with Crippen molar-refractivity contribution in [1.82, 2.24) is 14.5 Å². The first kappa shape index (κ1) is 22.0. The average Bonchev–Trinajstić information content (AvgIpc) is 3.37. The number of carbonyl (C=O) groups is 2. The van der Waals surface area contributed by atoms with E-state index in [0.717, 1.165) is 21.2 Å². The second kappa shape index (κ2) is 9.12. The summed E-state index contributed by atoms with van der Waals surface area (Å²) in [6, 6.07) is 12.6. The largest absolute Gasteiger partial charge is 0.507 e. The predicted molar refractivity (Wildman–Crippen MR) is 126 cm³/mol. The third-order valence-corrected chi connectivity index (χ3v) is 6.22. The summed E-state index contributed by atoms with van der Waals surface area (Å²) in [6.45, 7) is 4.86. The molecule has 2 aromatic carbocycles. The van der Waals surface area contributed by atoms with Crippen molar-refractivity contribution >= 4 is 33.4 Å². The fourth-order valence-electron chi connectivity index (χ4n) is 4.11. The van der Waals surface area contributed by atoms with Crippen molar-refractivity contribution in [3.63, 3.8) is 0 Å². The van der Waals surface area contributed by atoms with Crippen LogP contribution in [-0.2, 0) is 16.1 Å². The summed E-state index contributed by atoms with van der Waals surface area (Å²) in [5, 5.41) is 11.3. The Kier molecular flexibility index (Phi) is 6.28. The number of carbonyl (C=O) groups excluding carboxylic acids is 2. The first-order chi connectivity index (χ1) is 15.4. The Balaban J connectivity index is 1.78. The van der Waals surface area contributed by atoms with Gasteiger partial charge in [0.1, 0.15) is 5.76 Å². The summed E-state index contributed by atoms with van der Waals surface area (Å²) >= 11 is 3.48. The molecule has 164 valence electrons. The van der Waals surface area contributed by atoms with E-state index < -0.39 is 17.7 Å². The number of hydrogen-bond donors (Lipinski definition) is 1. The standard InChI is InChI=1S/C25H24BrN3O3/c1-16-7-8-17(2)20(13-16)23(30)21-22(18-5-3-6-19(26)14-18)29(25(32)24(21)31)11-4-10-28-12-9-27-15-28/h3,5-9,12-15,22,30H,4,10-11H2,1-2H3/b23-21+. The molecule has 1 unspecified atom stereocenters. The van der Waals surface area contributed by atoms with Gasteiger partial charge in [-0.2, -0.15) is 0 Å². The molecule has 0 radical (unpaired) electrons. The lowest BCUT2D eigenvalue weighted by molar-refractivity contribution is -0.139. The van der Waals surface area contributed by atoms with Gasteiger partial charge < -0.3 is 14.6 Å². The van der Waals surface area contributed by atoms with Gasteiger partial charge in [-0.3, -0.25) is 9.59 Å². The van der Waals surface area contributed by atoms with Gasteiger partial charge in [0, 0.05) is 35.5 Å². The van der Waals surface area contributed by atoms with E-state index in [1.807, 2.05) is 67.1 Å². The van der Waals surface area contributed by atoms with Crippen molar-refractivity contribution in [3.05, 3.63) is 93.5 Å². The minimum Gasteiger partial charge on any atom is -0.507 e. The molecule has 1 aliphatic heterocycles. The summed E-state index contributed by atoms with van der Waals surface area (Å²) < 4.78 is 2.77. The number of amides is 1. The predicted octanol–water partition coefficient (Wildman–Crippen LogP) is 4.77. The van der Waals surface area contributed by atoms with Crippen LogP contribution >= 0.6 is 15.9 Å². The average molecular weight is 494 g/mol. The number of aromatic nitrogens is 2. The normalized spacial score (nSPS) is 17.8. The van der Waals surface area contributed by atoms with E-state index in [1.165, 1.54) is 0 Å². The number of aryl methyl sites for hydroxylation is 3. The first-order valence-corrected chi connectivity index (χ1v) is 11.2. The van der Waals surface area contributed by atoms with Crippen LogP contribution in [0.4, 0.5) is 0 Å². The summed E-state index contributed by atoms with van der Waals surface area (Å²) in [4.78, 5) is 31.8. The van der Waals surface area contributed by atoms with E-state index in [1.54, 1.807) is 17.4 Å². The number of ketones is 1. The van der Waals surface area contributed by atoms with E-state index >= 15 is 0 Å². The number of hydrogen-bond acceptors (Lipinski definition) is 4. The first-order valence-electron chi connectivity index (χ1n) is 10.4. The van der Waals surface area contributed by atoms with Crippen molar-refractivity contribution in [2.75, 3.05) is 6.54 Å². The number of nitrogens with zero attached hydrogens (tertiary/aromatic N) is 3. The summed E-state index contributed by atoms with van der Waals surface area (Å²) in [5.41, 5.74) is 3.28. The van der Waals surface area contributed by atoms with Gasteiger partial charge in [-0.1, -0.05) is 45.8 Å². The number of aliphatic hydroxyl groups excluding tert-OH is 1. The van der Waals surface area contributed by atoms with E-state index in [9.17, 15) is 14.7 Å². The molecule has 0 aliphatic carbocycles. The molecule has 7 heteroatoms. The zero-order valence-electron chi connectivity index (χ0n) is 18.0. The second-order valence-corrected chi connectivity index (χ2v) is 8.94. The molecule has 2 heterocycles. The number of likely N-dealkylation sites (tertiary alicyclic amines) is 1. The Morgan fingerprint density at radius 2 is 1.94 bits per heavy atom. The van der Waals surface area contributed by atoms with Gasteiger partial charge in [0.25, 0.3) is 11.7 Å². The summed E-state index contributed by atoms with van der Waals surface area (Å²) in [7, 11) is 0.